The fourth-order valence-corrected chi connectivity index (χ4v) is 1.08. The second-order valence-corrected chi connectivity index (χ2v) is 3.40. The summed E-state index contributed by atoms with van der Waals surface area (Å²) in [6, 6.07) is -0.719. The third-order valence-electron chi connectivity index (χ3n) is 2.06. The van der Waals surface area contributed by atoms with Gasteiger partial charge in [-0.1, -0.05) is 0 Å². The molecule has 0 aliphatic carbocycles. The van der Waals surface area contributed by atoms with Gasteiger partial charge < -0.3 is 21.1 Å². The maximum Gasteiger partial charge on any atom is 0.303 e. The number of rotatable bonds is 7. The van der Waals surface area contributed by atoms with Crippen molar-refractivity contribution in [2.45, 2.75) is 18.9 Å². The van der Waals surface area contributed by atoms with E-state index in [0.717, 1.165) is 0 Å². The molecule has 15 heavy (non-hydrogen) atoms. The lowest BCUT2D eigenvalue weighted by atomic mass is 10.1. The van der Waals surface area contributed by atoms with E-state index in [1.807, 2.05) is 0 Å². The molecule has 0 saturated heterocycles. The molecule has 0 aromatic heterocycles. The van der Waals surface area contributed by atoms with Crippen molar-refractivity contribution in [3.8, 4) is 0 Å². The molecule has 6 nitrogen and oxygen atoms in total. The zero-order valence-corrected chi connectivity index (χ0v) is 9.19. The Kier molecular flexibility index (Phi) is 6.64. The predicted octanol–water partition coefficient (Wildman–Crippen LogP) is -1.14. The first-order valence-corrected chi connectivity index (χ1v) is 4.86. The molecule has 0 spiro atoms. The highest BCUT2D eigenvalue weighted by atomic mass is 16.4. The van der Waals surface area contributed by atoms with E-state index >= 15 is 0 Å². The smallest absolute Gasteiger partial charge is 0.303 e. The standard InChI is InChI=1S/C9H19N3O3/c1-11-5-6-12(2)9(15)7(10)3-4-8(13)14/h7,11H,3-6,10H2,1-2H3,(H,13,14). The first kappa shape index (κ1) is 13.9. The van der Waals surface area contributed by atoms with Crippen LogP contribution in [0.4, 0.5) is 0 Å². The molecule has 0 saturated carbocycles. The van der Waals surface area contributed by atoms with Gasteiger partial charge in [0.15, 0.2) is 0 Å². The summed E-state index contributed by atoms with van der Waals surface area (Å²) >= 11 is 0. The van der Waals surface area contributed by atoms with Crippen molar-refractivity contribution in [1.29, 1.82) is 0 Å². The Bertz CT molecular complexity index is 221. The van der Waals surface area contributed by atoms with E-state index in [2.05, 4.69) is 5.32 Å². The Morgan fingerprint density at radius 2 is 2.13 bits per heavy atom. The third kappa shape index (κ3) is 6.03. The minimum Gasteiger partial charge on any atom is -0.481 e. The van der Waals surface area contributed by atoms with Gasteiger partial charge in [0, 0.05) is 26.6 Å². The number of carboxylic acid groups (broad SMARTS) is 1. The molecule has 0 aliphatic heterocycles. The highest BCUT2D eigenvalue weighted by molar-refractivity contribution is 5.82. The molecule has 88 valence electrons. The monoisotopic (exact) mass is 217 g/mol. The molecule has 0 rings (SSSR count). The van der Waals surface area contributed by atoms with Crippen LogP contribution in [0.2, 0.25) is 0 Å². The van der Waals surface area contributed by atoms with Crippen molar-refractivity contribution in [2.24, 2.45) is 5.73 Å². The Morgan fingerprint density at radius 1 is 1.53 bits per heavy atom. The number of carboxylic acids is 1. The van der Waals surface area contributed by atoms with Gasteiger partial charge in [0.1, 0.15) is 0 Å². The summed E-state index contributed by atoms with van der Waals surface area (Å²) in [5, 5.41) is 11.3. The van der Waals surface area contributed by atoms with Gasteiger partial charge in [-0.25, -0.2) is 0 Å². The molecular weight excluding hydrogens is 198 g/mol. The third-order valence-corrected chi connectivity index (χ3v) is 2.06. The molecule has 4 N–H and O–H groups in total. The number of amides is 1. The van der Waals surface area contributed by atoms with Crippen molar-refractivity contribution in [2.75, 3.05) is 27.2 Å². The number of carbonyl (C=O) groups excluding carboxylic acids is 1. The average Bonchev–Trinajstić information content (AvgIpc) is 2.21. The van der Waals surface area contributed by atoms with Crippen molar-refractivity contribution < 1.29 is 14.7 Å². The van der Waals surface area contributed by atoms with Gasteiger partial charge >= 0.3 is 5.97 Å². The van der Waals surface area contributed by atoms with Crippen LogP contribution in [0.15, 0.2) is 0 Å². The van der Waals surface area contributed by atoms with Crippen LogP contribution in [-0.2, 0) is 9.59 Å². The zero-order valence-electron chi connectivity index (χ0n) is 9.19. The predicted molar refractivity (Wildman–Crippen MR) is 56.4 cm³/mol. The lowest BCUT2D eigenvalue weighted by Crippen LogP contribution is -2.44. The molecule has 0 bridgehead atoms. The highest BCUT2D eigenvalue weighted by Gasteiger charge is 2.18. The Hall–Kier alpha value is -1.14. The number of hydrogen-bond donors (Lipinski definition) is 3. The van der Waals surface area contributed by atoms with Crippen LogP contribution in [0.1, 0.15) is 12.8 Å². The van der Waals surface area contributed by atoms with Gasteiger partial charge in [0.05, 0.1) is 6.04 Å². The molecule has 0 fully saturated rings. The van der Waals surface area contributed by atoms with Crippen molar-refractivity contribution in [3.63, 3.8) is 0 Å². The summed E-state index contributed by atoms with van der Waals surface area (Å²) in [5.74, 6) is -1.15. The molecule has 1 atom stereocenters. The number of aliphatic carboxylic acids is 1. The van der Waals surface area contributed by atoms with Crippen LogP contribution in [0.25, 0.3) is 0 Å². The molecule has 0 heterocycles. The Labute approximate surface area is 89.4 Å². The SMILES string of the molecule is CNCCN(C)C(=O)C(N)CCC(=O)O. The summed E-state index contributed by atoms with van der Waals surface area (Å²) in [5.41, 5.74) is 5.56. The second-order valence-electron chi connectivity index (χ2n) is 3.40. The van der Waals surface area contributed by atoms with Crippen molar-refractivity contribution in [3.05, 3.63) is 0 Å². The minimum absolute atomic E-state index is 0.0766. The van der Waals surface area contributed by atoms with E-state index in [1.54, 1.807) is 14.1 Å². The first-order chi connectivity index (χ1) is 6.99. The summed E-state index contributed by atoms with van der Waals surface area (Å²) in [6.07, 6.45) is 0.102. The topological polar surface area (TPSA) is 95.7 Å². The van der Waals surface area contributed by atoms with Crippen LogP contribution in [0, 0.1) is 0 Å². The molecule has 0 radical (unpaired) electrons. The first-order valence-electron chi connectivity index (χ1n) is 4.86. The van der Waals surface area contributed by atoms with Crippen molar-refractivity contribution >= 4 is 11.9 Å². The molecule has 0 aromatic carbocycles. The Morgan fingerprint density at radius 3 is 2.60 bits per heavy atom. The number of likely N-dealkylation sites (N-methyl/N-ethyl adjacent to an activating group) is 2. The van der Waals surface area contributed by atoms with Crippen LogP contribution in [-0.4, -0.2) is 55.1 Å². The lowest BCUT2D eigenvalue weighted by Gasteiger charge is -2.20. The van der Waals surface area contributed by atoms with Gasteiger partial charge in [-0.3, -0.25) is 9.59 Å². The fourth-order valence-electron chi connectivity index (χ4n) is 1.08. The van der Waals surface area contributed by atoms with Crippen LogP contribution in [0.5, 0.6) is 0 Å². The average molecular weight is 217 g/mol. The number of nitrogens with zero attached hydrogens (tertiary/aromatic N) is 1. The second kappa shape index (κ2) is 7.19. The van der Waals surface area contributed by atoms with E-state index < -0.39 is 12.0 Å². The van der Waals surface area contributed by atoms with E-state index in [4.69, 9.17) is 10.8 Å². The number of carbonyl (C=O) groups is 2. The fraction of sp³-hybridized carbons (Fsp3) is 0.778. The molecule has 1 amide bonds. The normalized spacial score (nSPS) is 12.2. The van der Waals surface area contributed by atoms with Gasteiger partial charge in [-0.15, -0.1) is 0 Å². The van der Waals surface area contributed by atoms with Crippen molar-refractivity contribution in [1.82, 2.24) is 10.2 Å². The summed E-state index contributed by atoms with van der Waals surface area (Å²) in [7, 11) is 3.45. The molecule has 1 unspecified atom stereocenters. The van der Waals surface area contributed by atoms with Crippen LogP contribution >= 0.6 is 0 Å². The number of hydrogen-bond acceptors (Lipinski definition) is 4. The molecular formula is C9H19N3O3. The summed E-state index contributed by atoms with van der Waals surface area (Å²) < 4.78 is 0. The number of nitrogens with one attached hydrogen (secondary N) is 1. The molecule has 0 aromatic rings. The Balaban J connectivity index is 3.90. The van der Waals surface area contributed by atoms with Gasteiger partial charge in [0.2, 0.25) is 5.91 Å². The minimum atomic E-state index is -0.934. The maximum absolute atomic E-state index is 11.5. The van der Waals surface area contributed by atoms with Crippen LogP contribution < -0.4 is 11.1 Å². The van der Waals surface area contributed by atoms with E-state index in [-0.39, 0.29) is 18.7 Å². The lowest BCUT2D eigenvalue weighted by molar-refractivity contribution is -0.137. The van der Waals surface area contributed by atoms with Crippen LogP contribution in [0.3, 0.4) is 0 Å². The largest absolute Gasteiger partial charge is 0.481 e. The van der Waals surface area contributed by atoms with Gasteiger partial charge in [0.25, 0.3) is 0 Å². The zero-order chi connectivity index (χ0) is 11.8. The molecule has 6 heteroatoms. The van der Waals surface area contributed by atoms with E-state index in [1.165, 1.54) is 4.90 Å². The highest BCUT2D eigenvalue weighted by Crippen LogP contribution is 1.98. The van der Waals surface area contributed by atoms with E-state index in [9.17, 15) is 9.59 Å². The van der Waals surface area contributed by atoms with Gasteiger partial charge in [-0.2, -0.15) is 0 Å². The number of nitrogens with two attached hydrogens (primary N) is 1. The summed E-state index contributed by atoms with van der Waals surface area (Å²) in [6.45, 7) is 1.25. The quantitative estimate of drug-likeness (QED) is 0.501. The molecule has 0 aliphatic rings. The summed E-state index contributed by atoms with van der Waals surface area (Å²) in [4.78, 5) is 23.3. The maximum atomic E-state index is 11.5. The van der Waals surface area contributed by atoms with Gasteiger partial charge in [-0.05, 0) is 13.5 Å². The van der Waals surface area contributed by atoms with E-state index in [0.29, 0.717) is 13.1 Å².